The van der Waals surface area contributed by atoms with Gasteiger partial charge in [0, 0.05) is 24.6 Å². The minimum atomic E-state index is -0.193. The molecule has 2 heterocycles. The maximum Gasteiger partial charge on any atom is 0.258 e. The first-order chi connectivity index (χ1) is 12.5. The number of pyridine rings is 1. The number of nitrogens with one attached hydrogen (secondary N) is 2. The van der Waals surface area contributed by atoms with Crippen LogP contribution >= 0.6 is 0 Å². The predicted molar refractivity (Wildman–Crippen MR) is 100 cm³/mol. The van der Waals surface area contributed by atoms with E-state index in [2.05, 4.69) is 29.5 Å². The summed E-state index contributed by atoms with van der Waals surface area (Å²) in [5.74, 6) is 0.102. The Morgan fingerprint density at radius 1 is 1.27 bits per heavy atom. The number of hydrogen-bond donors (Lipinski definition) is 2. The number of amides is 2. The molecule has 0 bridgehead atoms. The van der Waals surface area contributed by atoms with Gasteiger partial charge in [0.2, 0.25) is 5.91 Å². The molecule has 6 nitrogen and oxygen atoms in total. The van der Waals surface area contributed by atoms with Gasteiger partial charge >= 0.3 is 0 Å². The normalized spacial score (nSPS) is 16.2. The van der Waals surface area contributed by atoms with Crippen molar-refractivity contribution in [3.8, 4) is 0 Å². The molecule has 0 saturated heterocycles. The topological polar surface area (TPSA) is 74.3 Å². The zero-order valence-electron chi connectivity index (χ0n) is 15.1. The van der Waals surface area contributed by atoms with E-state index >= 15 is 0 Å². The molecule has 0 spiro atoms. The minimum Gasteiger partial charge on any atom is -0.364 e. The van der Waals surface area contributed by atoms with E-state index in [1.165, 1.54) is 0 Å². The Kier molecular flexibility index (Phi) is 5.51. The molecule has 0 saturated carbocycles. The zero-order chi connectivity index (χ0) is 18.5. The van der Waals surface area contributed by atoms with E-state index < -0.39 is 0 Å². The lowest BCUT2D eigenvalue weighted by molar-refractivity contribution is -0.122. The summed E-state index contributed by atoms with van der Waals surface area (Å²) in [6, 6.07) is 11.2. The third-order valence-corrected chi connectivity index (χ3v) is 4.34. The maximum atomic E-state index is 12.9. The Hall–Kier alpha value is -2.89. The average Bonchev–Trinajstić information content (AvgIpc) is 2.64. The Labute approximate surface area is 153 Å². The number of carbonyl (C=O) groups is 2. The number of anilines is 1. The predicted octanol–water partition coefficient (Wildman–Crippen LogP) is 2.64. The summed E-state index contributed by atoms with van der Waals surface area (Å²) in [5.41, 5.74) is 2.36. The SMILES string of the molecule is CC(C)C[C@@H]1Nc2ccccc2C(=O)N1CC(=O)NCc1cccnc1. The van der Waals surface area contributed by atoms with Crippen LogP contribution in [0.5, 0.6) is 0 Å². The van der Waals surface area contributed by atoms with Crippen LogP contribution in [-0.2, 0) is 11.3 Å². The molecule has 0 fully saturated rings. The lowest BCUT2D eigenvalue weighted by atomic mass is 10.0. The number of aromatic nitrogens is 1. The molecule has 136 valence electrons. The van der Waals surface area contributed by atoms with Crippen LogP contribution in [0.4, 0.5) is 5.69 Å². The van der Waals surface area contributed by atoms with Crippen molar-refractivity contribution in [2.24, 2.45) is 5.92 Å². The second kappa shape index (κ2) is 7.99. The molecule has 1 aromatic heterocycles. The zero-order valence-corrected chi connectivity index (χ0v) is 15.1. The average molecular weight is 352 g/mol. The number of hydrogen-bond acceptors (Lipinski definition) is 4. The number of carbonyl (C=O) groups excluding carboxylic acids is 2. The lowest BCUT2D eigenvalue weighted by Crippen LogP contribution is -2.52. The van der Waals surface area contributed by atoms with Crippen molar-refractivity contribution in [3.05, 3.63) is 59.9 Å². The summed E-state index contributed by atoms with van der Waals surface area (Å²) in [4.78, 5) is 31.0. The van der Waals surface area contributed by atoms with E-state index in [0.717, 1.165) is 17.7 Å². The number of fused-ring (bicyclic) bond motifs is 1. The molecule has 0 radical (unpaired) electrons. The van der Waals surface area contributed by atoms with E-state index in [1.54, 1.807) is 23.4 Å². The van der Waals surface area contributed by atoms with Gasteiger partial charge in [0.25, 0.3) is 5.91 Å². The lowest BCUT2D eigenvalue weighted by Gasteiger charge is -2.38. The monoisotopic (exact) mass is 352 g/mol. The Bertz CT molecular complexity index is 776. The molecule has 3 rings (SSSR count). The van der Waals surface area contributed by atoms with E-state index in [0.29, 0.717) is 18.0 Å². The Morgan fingerprint density at radius 3 is 2.81 bits per heavy atom. The van der Waals surface area contributed by atoms with Gasteiger partial charge in [-0.2, -0.15) is 0 Å². The largest absolute Gasteiger partial charge is 0.364 e. The van der Waals surface area contributed by atoms with Crippen molar-refractivity contribution in [2.45, 2.75) is 33.0 Å². The second-order valence-corrected chi connectivity index (χ2v) is 6.91. The first kappa shape index (κ1) is 17.9. The third kappa shape index (κ3) is 4.20. The van der Waals surface area contributed by atoms with Gasteiger partial charge < -0.3 is 15.5 Å². The molecular formula is C20H24N4O2. The maximum absolute atomic E-state index is 12.9. The minimum absolute atomic E-state index is 0.0256. The number of nitrogens with zero attached hydrogens (tertiary/aromatic N) is 2. The molecule has 1 aromatic carbocycles. The quantitative estimate of drug-likeness (QED) is 0.838. The van der Waals surface area contributed by atoms with Crippen LogP contribution in [0.1, 0.15) is 36.2 Å². The molecular weight excluding hydrogens is 328 g/mol. The summed E-state index contributed by atoms with van der Waals surface area (Å²) in [6.45, 7) is 4.63. The van der Waals surface area contributed by atoms with E-state index in [9.17, 15) is 9.59 Å². The summed E-state index contributed by atoms with van der Waals surface area (Å²) >= 11 is 0. The van der Waals surface area contributed by atoms with Crippen LogP contribution in [0.2, 0.25) is 0 Å². The van der Waals surface area contributed by atoms with Crippen LogP contribution in [-0.4, -0.2) is 34.4 Å². The fourth-order valence-corrected chi connectivity index (χ4v) is 3.08. The Morgan fingerprint density at radius 2 is 2.08 bits per heavy atom. The van der Waals surface area contributed by atoms with E-state index in [4.69, 9.17) is 0 Å². The van der Waals surface area contributed by atoms with Crippen LogP contribution in [0.25, 0.3) is 0 Å². The summed E-state index contributed by atoms with van der Waals surface area (Å²) in [5, 5.41) is 6.27. The van der Waals surface area contributed by atoms with Gasteiger partial charge in [-0.05, 0) is 36.1 Å². The first-order valence-electron chi connectivity index (χ1n) is 8.86. The molecule has 6 heteroatoms. The summed E-state index contributed by atoms with van der Waals surface area (Å²) in [6.07, 6.45) is 3.99. The fourth-order valence-electron chi connectivity index (χ4n) is 3.08. The van der Waals surface area contributed by atoms with Gasteiger partial charge in [-0.25, -0.2) is 0 Å². The highest BCUT2D eigenvalue weighted by atomic mass is 16.2. The molecule has 2 N–H and O–H groups in total. The van der Waals surface area contributed by atoms with Crippen molar-refractivity contribution < 1.29 is 9.59 Å². The number of benzene rings is 1. The standard InChI is InChI=1S/C20H24N4O2/c1-14(2)10-18-23-17-8-4-3-7-16(17)20(26)24(18)13-19(25)22-12-15-6-5-9-21-11-15/h3-9,11,14,18,23H,10,12-13H2,1-2H3,(H,22,25)/t18-/m1/s1. The summed E-state index contributed by atoms with van der Waals surface area (Å²) < 4.78 is 0. The van der Waals surface area contributed by atoms with E-state index in [1.807, 2.05) is 30.3 Å². The smallest absolute Gasteiger partial charge is 0.258 e. The van der Waals surface area contributed by atoms with Crippen molar-refractivity contribution in [2.75, 3.05) is 11.9 Å². The molecule has 1 atom stereocenters. The van der Waals surface area contributed by atoms with Gasteiger partial charge in [0.1, 0.15) is 12.7 Å². The summed E-state index contributed by atoms with van der Waals surface area (Å²) in [7, 11) is 0. The molecule has 0 unspecified atom stereocenters. The van der Waals surface area contributed by atoms with Gasteiger partial charge in [-0.3, -0.25) is 14.6 Å². The molecule has 2 aromatic rings. The molecule has 1 aliphatic rings. The van der Waals surface area contributed by atoms with Crippen LogP contribution < -0.4 is 10.6 Å². The van der Waals surface area contributed by atoms with Crippen molar-refractivity contribution in [1.82, 2.24) is 15.2 Å². The number of para-hydroxylation sites is 1. The highest BCUT2D eigenvalue weighted by Crippen LogP contribution is 2.27. The van der Waals surface area contributed by atoms with Gasteiger partial charge in [-0.15, -0.1) is 0 Å². The third-order valence-electron chi connectivity index (χ3n) is 4.34. The van der Waals surface area contributed by atoms with Crippen LogP contribution in [0.15, 0.2) is 48.8 Å². The molecule has 1 aliphatic heterocycles. The Balaban J connectivity index is 1.70. The number of rotatable bonds is 6. The van der Waals surface area contributed by atoms with Crippen LogP contribution in [0.3, 0.4) is 0 Å². The highest BCUT2D eigenvalue weighted by Gasteiger charge is 2.33. The van der Waals surface area contributed by atoms with Crippen LogP contribution in [0, 0.1) is 5.92 Å². The fraction of sp³-hybridized carbons (Fsp3) is 0.350. The molecule has 26 heavy (non-hydrogen) atoms. The first-order valence-corrected chi connectivity index (χ1v) is 8.86. The van der Waals surface area contributed by atoms with Crippen molar-refractivity contribution in [3.63, 3.8) is 0 Å². The molecule has 2 amide bonds. The van der Waals surface area contributed by atoms with E-state index in [-0.39, 0.29) is 24.5 Å². The molecule has 0 aliphatic carbocycles. The highest BCUT2D eigenvalue weighted by molar-refractivity contribution is 6.03. The second-order valence-electron chi connectivity index (χ2n) is 6.91. The van der Waals surface area contributed by atoms with Crippen molar-refractivity contribution in [1.29, 1.82) is 0 Å². The van der Waals surface area contributed by atoms with Gasteiger partial charge in [0.05, 0.1) is 5.56 Å². The van der Waals surface area contributed by atoms with Crippen molar-refractivity contribution >= 4 is 17.5 Å². The van der Waals surface area contributed by atoms with Gasteiger partial charge in [-0.1, -0.05) is 32.0 Å². The van der Waals surface area contributed by atoms with Gasteiger partial charge in [0.15, 0.2) is 0 Å².